The SMILES string of the molecule is CC(C)CC(N)C(=O)NC(CC(C)C)C(=O)NC(CCC(N)=O)C(=O)NCC(=O)NC(CC(C)C)C(=O)NC(C(N)=O)C(C)C.Cl. The van der Waals surface area contributed by atoms with E-state index in [0.717, 1.165) is 0 Å². The summed E-state index contributed by atoms with van der Waals surface area (Å²) in [6.45, 7) is 14.1. The minimum absolute atomic E-state index is 0. The molecule has 0 aromatic carbocycles. The van der Waals surface area contributed by atoms with Crippen molar-refractivity contribution in [2.24, 2.45) is 40.9 Å². The Balaban J connectivity index is 0. The molecule has 0 aliphatic rings. The highest BCUT2D eigenvalue weighted by molar-refractivity contribution is 5.95. The minimum atomic E-state index is -1.26. The lowest BCUT2D eigenvalue weighted by molar-refractivity contribution is -0.134. The summed E-state index contributed by atoms with van der Waals surface area (Å²) in [5.41, 5.74) is 16.6. The molecular weight excluding hydrogens is 620 g/mol. The van der Waals surface area contributed by atoms with Crippen molar-refractivity contribution in [1.82, 2.24) is 26.6 Å². The van der Waals surface area contributed by atoms with E-state index in [2.05, 4.69) is 26.6 Å². The molecule has 0 saturated heterocycles. The van der Waals surface area contributed by atoms with Crippen molar-refractivity contribution in [3.8, 4) is 0 Å². The molecule has 0 bridgehead atoms. The summed E-state index contributed by atoms with van der Waals surface area (Å²) in [7, 11) is 0. The van der Waals surface area contributed by atoms with Gasteiger partial charge in [-0.3, -0.25) is 33.6 Å². The largest absolute Gasteiger partial charge is 0.370 e. The Morgan fingerprint density at radius 3 is 1.48 bits per heavy atom. The third-order valence-electron chi connectivity index (χ3n) is 6.77. The van der Waals surface area contributed by atoms with Crippen LogP contribution in [0, 0.1) is 23.7 Å². The Kier molecular flexibility index (Phi) is 21.5. The van der Waals surface area contributed by atoms with Crippen LogP contribution in [0.2, 0.25) is 0 Å². The molecule has 0 saturated carbocycles. The normalized spacial score (nSPS) is 14.4. The van der Waals surface area contributed by atoms with Gasteiger partial charge in [-0.05, 0) is 49.4 Å². The molecule has 0 spiro atoms. The van der Waals surface area contributed by atoms with E-state index in [-0.39, 0.29) is 61.8 Å². The third kappa shape index (κ3) is 18.5. The lowest BCUT2D eigenvalue weighted by Crippen LogP contribution is -2.57. The summed E-state index contributed by atoms with van der Waals surface area (Å²) in [6.07, 6.45) is 0.516. The molecule has 7 amide bonds. The molecule has 0 aromatic heterocycles. The van der Waals surface area contributed by atoms with E-state index in [4.69, 9.17) is 17.2 Å². The fourth-order valence-corrected chi connectivity index (χ4v) is 4.48. The Hall–Kier alpha value is -3.46. The van der Waals surface area contributed by atoms with Crippen LogP contribution in [0.25, 0.3) is 0 Å². The first-order valence-corrected chi connectivity index (χ1v) is 15.6. The molecule has 0 rings (SSSR count). The van der Waals surface area contributed by atoms with Crippen LogP contribution in [-0.2, 0) is 33.6 Å². The molecule has 0 radical (unpaired) electrons. The van der Waals surface area contributed by atoms with Gasteiger partial charge in [-0.15, -0.1) is 12.4 Å². The van der Waals surface area contributed by atoms with Crippen molar-refractivity contribution in [2.45, 2.75) is 118 Å². The van der Waals surface area contributed by atoms with Crippen molar-refractivity contribution >= 4 is 53.8 Å². The Morgan fingerprint density at radius 1 is 0.587 bits per heavy atom. The van der Waals surface area contributed by atoms with E-state index in [1.807, 2.05) is 41.5 Å². The number of amides is 7. The number of halogens is 1. The Bertz CT molecular complexity index is 1040. The van der Waals surface area contributed by atoms with Crippen molar-refractivity contribution in [2.75, 3.05) is 6.54 Å². The van der Waals surface area contributed by atoms with Gasteiger partial charge in [0.15, 0.2) is 0 Å². The van der Waals surface area contributed by atoms with Crippen molar-refractivity contribution in [3.05, 3.63) is 0 Å². The highest BCUT2D eigenvalue weighted by Crippen LogP contribution is 2.10. The smallest absolute Gasteiger partial charge is 0.243 e. The van der Waals surface area contributed by atoms with E-state index in [0.29, 0.717) is 6.42 Å². The summed E-state index contributed by atoms with van der Waals surface area (Å²) >= 11 is 0. The molecule has 15 nitrogen and oxygen atoms in total. The molecular formula is C30H57ClN8O7. The lowest BCUT2D eigenvalue weighted by Gasteiger charge is -2.26. The third-order valence-corrected chi connectivity index (χ3v) is 6.77. The maximum atomic E-state index is 13.2. The highest BCUT2D eigenvalue weighted by atomic mass is 35.5. The maximum Gasteiger partial charge on any atom is 0.243 e. The van der Waals surface area contributed by atoms with E-state index < -0.39 is 78.1 Å². The van der Waals surface area contributed by atoms with Crippen LogP contribution in [0.1, 0.15) is 87.5 Å². The quantitative estimate of drug-likeness (QED) is 0.0772. The molecule has 46 heavy (non-hydrogen) atoms. The first-order valence-electron chi connectivity index (χ1n) is 15.6. The molecule has 16 heteroatoms. The molecule has 0 heterocycles. The van der Waals surface area contributed by atoms with Crippen molar-refractivity contribution in [3.63, 3.8) is 0 Å². The summed E-state index contributed by atoms with van der Waals surface area (Å²) in [5, 5.41) is 12.8. The van der Waals surface area contributed by atoms with Gasteiger partial charge in [0.05, 0.1) is 12.6 Å². The van der Waals surface area contributed by atoms with Crippen LogP contribution in [0.4, 0.5) is 0 Å². The zero-order chi connectivity index (χ0) is 35.0. The summed E-state index contributed by atoms with van der Waals surface area (Å²) in [5.74, 6) is -4.78. The van der Waals surface area contributed by atoms with Crippen LogP contribution in [0.3, 0.4) is 0 Å². The summed E-state index contributed by atoms with van der Waals surface area (Å²) in [4.78, 5) is 87.9. The number of nitrogens with two attached hydrogens (primary N) is 3. The topological polar surface area (TPSA) is 258 Å². The van der Waals surface area contributed by atoms with Gasteiger partial charge in [-0.2, -0.15) is 0 Å². The first kappa shape index (κ1) is 44.7. The number of rotatable bonds is 21. The maximum absolute atomic E-state index is 13.2. The second-order valence-corrected chi connectivity index (χ2v) is 13.1. The minimum Gasteiger partial charge on any atom is -0.370 e. The monoisotopic (exact) mass is 676 g/mol. The summed E-state index contributed by atoms with van der Waals surface area (Å²) < 4.78 is 0. The number of primary amides is 2. The number of nitrogens with one attached hydrogen (secondary N) is 5. The molecule has 0 aliphatic carbocycles. The average molecular weight is 677 g/mol. The number of hydrogen-bond acceptors (Lipinski definition) is 8. The standard InChI is InChI=1S/C30H56N8O7.ClH/c1-15(2)11-19(31)27(42)37-22(13-17(5)6)29(44)36-20(9-10-23(32)39)28(43)34-14-24(40)35-21(12-16(3)4)30(45)38-25(18(7)8)26(33)41;/h15-22,25H,9-14,31H2,1-8H3,(H2,32,39)(H2,33,41)(H,34,43)(H,35,40)(H,36,44)(H,37,42)(H,38,45);1H. The van der Waals surface area contributed by atoms with Gasteiger partial charge in [-0.1, -0.05) is 55.4 Å². The Morgan fingerprint density at radius 2 is 1.04 bits per heavy atom. The fourth-order valence-electron chi connectivity index (χ4n) is 4.48. The zero-order valence-electron chi connectivity index (χ0n) is 28.4. The van der Waals surface area contributed by atoms with Crippen molar-refractivity contribution < 1.29 is 33.6 Å². The second kappa shape index (κ2) is 22.1. The van der Waals surface area contributed by atoms with E-state index in [1.54, 1.807) is 13.8 Å². The predicted molar refractivity (Wildman–Crippen MR) is 177 cm³/mol. The van der Waals surface area contributed by atoms with Crippen LogP contribution < -0.4 is 43.8 Å². The number of hydrogen-bond donors (Lipinski definition) is 8. The van der Waals surface area contributed by atoms with Gasteiger partial charge < -0.3 is 43.8 Å². The first-order chi connectivity index (χ1) is 20.7. The molecule has 266 valence electrons. The van der Waals surface area contributed by atoms with Gasteiger partial charge in [0.2, 0.25) is 41.4 Å². The predicted octanol–water partition coefficient (Wildman–Crippen LogP) is -0.664. The molecule has 0 aliphatic heterocycles. The summed E-state index contributed by atoms with van der Waals surface area (Å²) in [6, 6.07) is -5.04. The average Bonchev–Trinajstić information content (AvgIpc) is 2.90. The molecule has 5 atom stereocenters. The van der Waals surface area contributed by atoms with E-state index in [1.165, 1.54) is 0 Å². The van der Waals surface area contributed by atoms with Gasteiger partial charge in [0.1, 0.15) is 24.2 Å². The van der Waals surface area contributed by atoms with Gasteiger partial charge >= 0.3 is 0 Å². The van der Waals surface area contributed by atoms with E-state index in [9.17, 15) is 33.6 Å². The number of carbonyl (C=O) groups excluding carboxylic acids is 7. The van der Waals surface area contributed by atoms with Gasteiger partial charge in [0.25, 0.3) is 0 Å². The van der Waals surface area contributed by atoms with Crippen LogP contribution in [-0.4, -0.2) is 78.1 Å². The van der Waals surface area contributed by atoms with Crippen LogP contribution >= 0.6 is 12.4 Å². The molecule has 5 unspecified atom stereocenters. The molecule has 0 aromatic rings. The molecule has 0 fully saturated rings. The lowest BCUT2D eigenvalue weighted by atomic mass is 10.00. The second-order valence-electron chi connectivity index (χ2n) is 13.1. The van der Waals surface area contributed by atoms with Crippen molar-refractivity contribution in [1.29, 1.82) is 0 Å². The fraction of sp³-hybridized carbons (Fsp3) is 0.767. The van der Waals surface area contributed by atoms with Gasteiger partial charge in [0, 0.05) is 6.42 Å². The van der Waals surface area contributed by atoms with Crippen LogP contribution in [0.5, 0.6) is 0 Å². The van der Waals surface area contributed by atoms with Gasteiger partial charge in [-0.25, -0.2) is 0 Å². The zero-order valence-corrected chi connectivity index (χ0v) is 29.3. The molecule has 11 N–H and O–H groups in total. The van der Waals surface area contributed by atoms with E-state index >= 15 is 0 Å². The van der Waals surface area contributed by atoms with Crippen LogP contribution in [0.15, 0.2) is 0 Å². The highest BCUT2D eigenvalue weighted by Gasteiger charge is 2.31. The number of carbonyl (C=O) groups is 7. The Labute approximate surface area is 278 Å².